The fourth-order valence-electron chi connectivity index (χ4n) is 1.57. The van der Waals surface area contributed by atoms with E-state index in [0.717, 1.165) is 0 Å². The molecule has 0 amide bonds. The molecule has 2 aromatic rings. The molecule has 0 heterocycles. The molecule has 0 aliphatic carbocycles. The summed E-state index contributed by atoms with van der Waals surface area (Å²) in [6.07, 6.45) is 1.78. The predicted octanol–water partition coefficient (Wildman–Crippen LogP) is 2.65. The molecule has 0 N–H and O–H groups in total. The third-order valence-electron chi connectivity index (χ3n) is 2.36. The molecule has 0 atom stereocenters. The van der Waals surface area contributed by atoms with Crippen molar-refractivity contribution in [1.29, 1.82) is 0 Å². The number of rotatable bonds is 4. The van der Waals surface area contributed by atoms with E-state index in [-0.39, 0.29) is 5.78 Å². The van der Waals surface area contributed by atoms with Crippen molar-refractivity contribution in [3.05, 3.63) is 72.3 Å². The SMILES string of the molecule is CC(=O)/C=C(\[Te]c1ccccc1)c1ccccc1. The van der Waals surface area contributed by atoms with Crippen molar-refractivity contribution >= 4 is 33.9 Å². The van der Waals surface area contributed by atoms with Crippen LogP contribution in [0.1, 0.15) is 12.5 Å². The van der Waals surface area contributed by atoms with Crippen LogP contribution in [0.3, 0.4) is 0 Å². The van der Waals surface area contributed by atoms with Crippen molar-refractivity contribution in [2.45, 2.75) is 6.92 Å². The average molecular weight is 350 g/mol. The molecule has 0 unspecified atom stereocenters. The molecule has 0 radical (unpaired) electrons. The van der Waals surface area contributed by atoms with Crippen LogP contribution in [0.2, 0.25) is 0 Å². The molecule has 2 aromatic carbocycles. The van der Waals surface area contributed by atoms with Gasteiger partial charge in [-0.2, -0.15) is 0 Å². The Balaban J connectivity index is 2.31. The minimum absolute atomic E-state index is 0.120. The summed E-state index contributed by atoms with van der Waals surface area (Å²) in [7, 11) is 0. The quantitative estimate of drug-likeness (QED) is 0.612. The van der Waals surface area contributed by atoms with Crippen LogP contribution in [0, 0.1) is 0 Å². The molecule has 0 saturated carbocycles. The second-order valence-electron chi connectivity index (χ2n) is 3.90. The minimum atomic E-state index is -0.510. The number of ketones is 1. The summed E-state index contributed by atoms with van der Waals surface area (Å²) in [6, 6.07) is 20.6. The van der Waals surface area contributed by atoms with Crippen molar-refractivity contribution in [2.75, 3.05) is 0 Å². The number of hydrogen-bond acceptors (Lipinski definition) is 1. The van der Waals surface area contributed by atoms with Gasteiger partial charge in [-0.3, -0.25) is 0 Å². The Morgan fingerprint density at radius 1 is 0.944 bits per heavy atom. The van der Waals surface area contributed by atoms with Crippen LogP contribution in [-0.4, -0.2) is 26.7 Å². The summed E-state index contributed by atoms with van der Waals surface area (Å²) in [5, 5.41) is 0. The van der Waals surface area contributed by atoms with E-state index in [0.29, 0.717) is 0 Å². The van der Waals surface area contributed by atoms with E-state index >= 15 is 0 Å². The topological polar surface area (TPSA) is 17.1 Å². The maximum atomic E-state index is 11.4. The summed E-state index contributed by atoms with van der Waals surface area (Å²) in [6.45, 7) is 1.61. The summed E-state index contributed by atoms with van der Waals surface area (Å²) >= 11 is -0.510. The molecule has 18 heavy (non-hydrogen) atoms. The Hall–Kier alpha value is -1.36. The van der Waals surface area contributed by atoms with Gasteiger partial charge in [-0.05, 0) is 0 Å². The molecule has 2 rings (SSSR count). The van der Waals surface area contributed by atoms with E-state index in [4.69, 9.17) is 0 Å². The number of allylic oxidation sites excluding steroid dienone is 1. The fraction of sp³-hybridized carbons (Fsp3) is 0.0625. The molecule has 2 heteroatoms. The molecule has 0 aliphatic heterocycles. The van der Waals surface area contributed by atoms with Gasteiger partial charge in [0.25, 0.3) is 0 Å². The summed E-state index contributed by atoms with van der Waals surface area (Å²) in [5.74, 6) is 0.120. The first-order valence-electron chi connectivity index (χ1n) is 5.76. The molecule has 90 valence electrons. The zero-order valence-electron chi connectivity index (χ0n) is 10.2. The Kier molecular flexibility index (Phi) is 4.75. The van der Waals surface area contributed by atoms with Crippen LogP contribution < -0.4 is 3.61 Å². The van der Waals surface area contributed by atoms with Crippen LogP contribution in [0.5, 0.6) is 0 Å². The van der Waals surface area contributed by atoms with E-state index in [1.165, 1.54) is 12.8 Å². The van der Waals surface area contributed by atoms with E-state index in [2.05, 4.69) is 36.4 Å². The van der Waals surface area contributed by atoms with Gasteiger partial charge in [-0.15, -0.1) is 0 Å². The number of carbonyl (C=O) groups excluding carboxylic acids is 1. The second kappa shape index (κ2) is 6.54. The van der Waals surface area contributed by atoms with Gasteiger partial charge in [-0.25, -0.2) is 0 Å². The normalized spacial score (nSPS) is 11.3. The molecule has 0 aliphatic rings. The molecule has 0 fully saturated rings. The van der Waals surface area contributed by atoms with E-state index in [9.17, 15) is 4.79 Å². The molecular weight excluding hydrogens is 336 g/mol. The summed E-state index contributed by atoms with van der Waals surface area (Å²) in [4.78, 5) is 11.4. The van der Waals surface area contributed by atoms with Crippen molar-refractivity contribution in [3.8, 4) is 0 Å². The Labute approximate surface area is 118 Å². The van der Waals surface area contributed by atoms with Crippen LogP contribution in [-0.2, 0) is 4.79 Å². The number of benzene rings is 2. The molecule has 0 bridgehead atoms. The third kappa shape index (κ3) is 3.84. The average Bonchev–Trinajstić information content (AvgIpc) is 2.40. The van der Waals surface area contributed by atoms with Gasteiger partial charge in [0, 0.05) is 0 Å². The van der Waals surface area contributed by atoms with E-state index in [1.54, 1.807) is 13.0 Å². The van der Waals surface area contributed by atoms with Crippen LogP contribution in [0.15, 0.2) is 66.7 Å². The zero-order valence-corrected chi connectivity index (χ0v) is 12.5. The first kappa shape index (κ1) is 13.1. The maximum absolute atomic E-state index is 11.4. The van der Waals surface area contributed by atoms with Gasteiger partial charge in [0.05, 0.1) is 0 Å². The molecular formula is C16H14OTe. The Bertz CT molecular complexity index is 544. The van der Waals surface area contributed by atoms with Gasteiger partial charge in [-0.1, -0.05) is 0 Å². The van der Waals surface area contributed by atoms with E-state index < -0.39 is 20.9 Å². The number of carbonyl (C=O) groups is 1. The Morgan fingerprint density at radius 2 is 1.50 bits per heavy atom. The van der Waals surface area contributed by atoms with Crippen LogP contribution in [0.4, 0.5) is 0 Å². The zero-order chi connectivity index (χ0) is 12.8. The van der Waals surface area contributed by atoms with Crippen molar-refractivity contribution in [1.82, 2.24) is 0 Å². The molecule has 0 spiro atoms. The summed E-state index contributed by atoms with van der Waals surface area (Å²) < 4.78 is 2.54. The van der Waals surface area contributed by atoms with Crippen molar-refractivity contribution in [2.24, 2.45) is 0 Å². The monoisotopic (exact) mass is 352 g/mol. The van der Waals surface area contributed by atoms with Gasteiger partial charge < -0.3 is 0 Å². The first-order valence-corrected chi connectivity index (χ1v) is 8.09. The third-order valence-corrected chi connectivity index (χ3v) is 5.45. The van der Waals surface area contributed by atoms with Gasteiger partial charge in [0.15, 0.2) is 0 Å². The van der Waals surface area contributed by atoms with Gasteiger partial charge in [0.1, 0.15) is 0 Å². The van der Waals surface area contributed by atoms with Crippen LogP contribution in [0.25, 0.3) is 3.62 Å². The molecule has 0 aromatic heterocycles. The predicted molar refractivity (Wildman–Crippen MR) is 76.9 cm³/mol. The van der Waals surface area contributed by atoms with Gasteiger partial charge >= 0.3 is 118 Å². The second-order valence-corrected chi connectivity index (χ2v) is 7.08. The molecule has 0 saturated heterocycles. The molecule has 1 nitrogen and oxygen atoms in total. The van der Waals surface area contributed by atoms with Crippen LogP contribution >= 0.6 is 0 Å². The van der Waals surface area contributed by atoms with Crippen molar-refractivity contribution < 1.29 is 4.79 Å². The summed E-state index contributed by atoms with van der Waals surface area (Å²) in [5.41, 5.74) is 1.17. The van der Waals surface area contributed by atoms with Crippen molar-refractivity contribution in [3.63, 3.8) is 0 Å². The Morgan fingerprint density at radius 3 is 2.06 bits per heavy atom. The number of hydrogen-bond donors (Lipinski definition) is 0. The van der Waals surface area contributed by atoms with E-state index in [1.807, 2.05) is 24.3 Å². The van der Waals surface area contributed by atoms with Gasteiger partial charge in [0.2, 0.25) is 0 Å². The fourth-order valence-corrected chi connectivity index (χ4v) is 4.50. The standard InChI is InChI=1S/C16H14OTe/c1-13(17)12-16(14-8-4-2-5-9-14)18-15-10-6-3-7-11-15/h2-12H,1H3/b16-12-. The first-order chi connectivity index (χ1) is 8.75.